The molecule has 1 aromatic carbocycles. The van der Waals surface area contributed by atoms with Gasteiger partial charge >= 0.3 is 5.69 Å². The quantitative estimate of drug-likeness (QED) is 0.541. The number of ether oxygens (including phenoxy) is 1. The normalized spacial score (nSPS) is 15.7. The van der Waals surface area contributed by atoms with E-state index in [2.05, 4.69) is 0 Å². The van der Waals surface area contributed by atoms with Gasteiger partial charge in [-0.3, -0.25) is 23.5 Å². The highest BCUT2D eigenvalue weighted by atomic mass is 32.1. The molecular weight excluding hydrogens is 468 g/mol. The molecule has 0 atom stereocenters. The second-order valence-electron chi connectivity index (χ2n) is 9.02. The van der Waals surface area contributed by atoms with E-state index >= 15 is 0 Å². The molecule has 4 heterocycles. The number of likely N-dealkylation sites (tertiary alicyclic amines) is 1. The van der Waals surface area contributed by atoms with Crippen molar-refractivity contribution in [2.45, 2.75) is 45.7 Å². The van der Waals surface area contributed by atoms with Gasteiger partial charge < -0.3 is 14.5 Å². The summed E-state index contributed by atoms with van der Waals surface area (Å²) < 4.78 is 8.55. The smallest absolute Gasteiger partial charge is 0.332 e. The predicted octanol–water partition coefficient (Wildman–Crippen LogP) is 2.36. The molecule has 0 aliphatic carbocycles. The number of carbonyl (C=O) groups excluding carboxylic acids is 2. The zero-order valence-electron chi connectivity index (χ0n) is 19.7. The number of aryl methyl sites for hydroxylation is 1. The lowest BCUT2D eigenvalue weighted by molar-refractivity contribution is -0.132. The lowest BCUT2D eigenvalue weighted by atomic mass is 10.1. The SMILES string of the molecule is Cc1ccc2c(c1)N(C(=O)Cn1c(=O)n(CCC(=O)N3CCCCC3)c(=O)c3sccc31)CCO2. The number of carbonyl (C=O) groups is 2. The van der Waals surface area contributed by atoms with E-state index < -0.39 is 11.2 Å². The van der Waals surface area contributed by atoms with E-state index in [0.717, 1.165) is 42.5 Å². The molecular formula is C25H28N4O5S. The zero-order valence-corrected chi connectivity index (χ0v) is 20.5. The minimum absolute atomic E-state index is 0.00534. The molecule has 2 aliphatic heterocycles. The molecule has 0 spiro atoms. The van der Waals surface area contributed by atoms with Gasteiger partial charge in [0.1, 0.15) is 23.6 Å². The van der Waals surface area contributed by atoms with E-state index in [4.69, 9.17) is 4.74 Å². The summed E-state index contributed by atoms with van der Waals surface area (Å²) in [7, 11) is 0. The highest BCUT2D eigenvalue weighted by Gasteiger charge is 2.26. The van der Waals surface area contributed by atoms with Gasteiger partial charge in [-0.05, 0) is 55.3 Å². The van der Waals surface area contributed by atoms with Crippen LogP contribution in [0.4, 0.5) is 5.69 Å². The summed E-state index contributed by atoms with van der Waals surface area (Å²) in [6.45, 7) is 3.91. The van der Waals surface area contributed by atoms with Crippen molar-refractivity contribution in [3.8, 4) is 5.75 Å². The maximum atomic E-state index is 13.4. The van der Waals surface area contributed by atoms with Gasteiger partial charge in [-0.25, -0.2) is 4.79 Å². The van der Waals surface area contributed by atoms with Gasteiger partial charge in [0.15, 0.2) is 0 Å². The van der Waals surface area contributed by atoms with Crippen LogP contribution in [0.2, 0.25) is 0 Å². The summed E-state index contributed by atoms with van der Waals surface area (Å²) in [6, 6.07) is 7.35. The molecule has 2 amide bonds. The fourth-order valence-electron chi connectivity index (χ4n) is 4.80. The van der Waals surface area contributed by atoms with Gasteiger partial charge in [-0.15, -0.1) is 11.3 Å². The van der Waals surface area contributed by atoms with Crippen LogP contribution in [-0.2, 0) is 22.7 Å². The number of aromatic nitrogens is 2. The molecule has 2 aromatic heterocycles. The monoisotopic (exact) mass is 496 g/mol. The fourth-order valence-corrected chi connectivity index (χ4v) is 5.64. The summed E-state index contributed by atoms with van der Waals surface area (Å²) in [5.74, 6) is 0.318. The predicted molar refractivity (Wildman–Crippen MR) is 134 cm³/mol. The molecule has 10 heteroatoms. The van der Waals surface area contributed by atoms with Crippen LogP contribution in [0.5, 0.6) is 5.75 Å². The number of nitrogens with zero attached hydrogens (tertiary/aromatic N) is 4. The van der Waals surface area contributed by atoms with Crippen molar-refractivity contribution in [2.24, 2.45) is 0 Å². The van der Waals surface area contributed by atoms with Crippen LogP contribution in [0.15, 0.2) is 39.2 Å². The van der Waals surface area contributed by atoms with Crippen LogP contribution in [-0.4, -0.2) is 52.1 Å². The molecule has 0 bridgehead atoms. The standard InChI is InChI=1S/C25H28N4O5S/c1-17-5-6-20-19(15-17)27(12-13-34-20)22(31)16-29-18-8-14-35-23(18)24(32)28(25(29)33)11-7-21(30)26-9-3-2-4-10-26/h5-6,8,14-15H,2-4,7,9-13,16H2,1H3. The van der Waals surface area contributed by atoms with E-state index in [-0.39, 0.29) is 31.3 Å². The van der Waals surface area contributed by atoms with Crippen LogP contribution in [0, 0.1) is 6.92 Å². The number of amides is 2. The minimum atomic E-state index is -0.571. The highest BCUT2D eigenvalue weighted by Crippen LogP contribution is 2.32. The van der Waals surface area contributed by atoms with Gasteiger partial charge in [0.2, 0.25) is 11.8 Å². The number of benzene rings is 1. The summed E-state index contributed by atoms with van der Waals surface area (Å²) in [6.07, 6.45) is 3.15. The highest BCUT2D eigenvalue weighted by molar-refractivity contribution is 7.17. The number of thiophene rings is 1. The van der Waals surface area contributed by atoms with E-state index in [1.54, 1.807) is 21.2 Å². The molecule has 0 radical (unpaired) electrons. The number of piperidine rings is 1. The topological polar surface area (TPSA) is 93.9 Å². The van der Waals surface area contributed by atoms with Crippen molar-refractivity contribution in [3.63, 3.8) is 0 Å². The second kappa shape index (κ2) is 9.69. The maximum absolute atomic E-state index is 13.4. The van der Waals surface area contributed by atoms with Crippen molar-refractivity contribution in [1.82, 2.24) is 14.0 Å². The van der Waals surface area contributed by atoms with Crippen LogP contribution < -0.4 is 20.9 Å². The van der Waals surface area contributed by atoms with Crippen molar-refractivity contribution < 1.29 is 14.3 Å². The fraction of sp³-hybridized carbons (Fsp3) is 0.440. The summed E-state index contributed by atoms with van der Waals surface area (Å²) in [4.78, 5) is 56.0. The van der Waals surface area contributed by atoms with E-state index in [1.165, 1.54) is 15.9 Å². The summed E-state index contributed by atoms with van der Waals surface area (Å²) in [5, 5.41) is 1.74. The van der Waals surface area contributed by atoms with Gasteiger partial charge in [-0.2, -0.15) is 0 Å². The Hall–Kier alpha value is -3.40. The molecule has 35 heavy (non-hydrogen) atoms. The van der Waals surface area contributed by atoms with E-state index in [0.29, 0.717) is 34.8 Å². The second-order valence-corrected chi connectivity index (χ2v) is 9.93. The largest absolute Gasteiger partial charge is 0.490 e. The molecule has 9 nitrogen and oxygen atoms in total. The minimum Gasteiger partial charge on any atom is -0.490 e. The lowest BCUT2D eigenvalue weighted by Gasteiger charge is -2.30. The Balaban J connectivity index is 1.44. The Morgan fingerprint density at radius 1 is 1.00 bits per heavy atom. The Morgan fingerprint density at radius 3 is 2.60 bits per heavy atom. The van der Waals surface area contributed by atoms with Gasteiger partial charge in [0.05, 0.1) is 17.7 Å². The van der Waals surface area contributed by atoms with E-state index in [9.17, 15) is 19.2 Å². The zero-order chi connectivity index (χ0) is 24.5. The number of anilines is 1. The molecule has 2 aliphatic rings. The number of fused-ring (bicyclic) bond motifs is 2. The summed E-state index contributed by atoms with van der Waals surface area (Å²) >= 11 is 1.23. The molecule has 3 aromatic rings. The third-order valence-electron chi connectivity index (χ3n) is 6.67. The molecule has 0 unspecified atom stereocenters. The van der Waals surface area contributed by atoms with Gasteiger partial charge in [-0.1, -0.05) is 6.07 Å². The van der Waals surface area contributed by atoms with E-state index in [1.807, 2.05) is 25.1 Å². The first-order valence-electron chi connectivity index (χ1n) is 12.0. The van der Waals surface area contributed by atoms with Crippen molar-refractivity contribution in [3.05, 3.63) is 56.0 Å². The molecule has 1 fully saturated rings. The first-order valence-corrected chi connectivity index (χ1v) is 12.8. The molecule has 0 N–H and O–H groups in total. The average Bonchev–Trinajstić information content (AvgIpc) is 3.36. The average molecular weight is 497 g/mol. The van der Waals surface area contributed by atoms with Crippen LogP contribution >= 0.6 is 11.3 Å². The van der Waals surface area contributed by atoms with Crippen LogP contribution in [0.3, 0.4) is 0 Å². The molecule has 1 saturated heterocycles. The number of rotatable bonds is 5. The molecule has 0 saturated carbocycles. The van der Waals surface area contributed by atoms with Crippen molar-refractivity contribution in [1.29, 1.82) is 0 Å². The third kappa shape index (κ3) is 4.50. The third-order valence-corrected chi connectivity index (χ3v) is 7.56. The first kappa shape index (κ1) is 23.3. The Labute approximate surface area is 206 Å². The van der Waals surface area contributed by atoms with Crippen molar-refractivity contribution >= 4 is 39.1 Å². The maximum Gasteiger partial charge on any atom is 0.332 e. The molecule has 184 valence electrons. The van der Waals surface area contributed by atoms with Crippen molar-refractivity contribution in [2.75, 3.05) is 31.1 Å². The van der Waals surface area contributed by atoms with Gasteiger partial charge in [0.25, 0.3) is 5.56 Å². The first-order chi connectivity index (χ1) is 16.9. The lowest BCUT2D eigenvalue weighted by Crippen LogP contribution is -2.45. The number of hydrogen-bond acceptors (Lipinski definition) is 6. The Bertz CT molecular complexity index is 1400. The Morgan fingerprint density at radius 2 is 1.80 bits per heavy atom. The van der Waals surface area contributed by atoms with Crippen LogP contribution in [0.1, 0.15) is 31.2 Å². The Kier molecular flexibility index (Phi) is 6.46. The molecule has 5 rings (SSSR count). The summed E-state index contributed by atoms with van der Waals surface area (Å²) in [5.41, 5.74) is 1.13. The van der Waals surface area contributed by atoms with Crippen LogP contribution in [0.25, 0.3) is 10.2 Å². The number of hydrogen-bond donors (Lipinski definition) is 0. The van der Waals surface area contributed by atoms with Gasteiger partial charge in [0, 0.05) is 26.1 Å².